The predicted octanol–water partition coefficient (Wildman–Crippen LogP) is 2.49. The number of fused-ring (bicyclic) bond motifs is 1. The minimum atomic E-state index is 0.671. The molecule has 1 aromatic carbocycles. The molecule has 116 valence electrons. The molecule has 5 nitrogen and oxygen atoms in total. The maximum Gasteiger partial charge on any atom is 0.147 e. The number of benzene rings is 1. The van der Waals surface area contributed by atoms with Gasteiger partial charge in [-0.2, -0.15) is 0 Å². The summed E-state index contributed by atoms with van der Waals surface area (Å²) in [4.78, 5) is 2.43. The second-order valence-electron chi connectivity index (χ2n) is 6.43. The number of hydrogen-bond acceptors (Lipinski definition) is 4. The number of nitrogens with zero attached hydrogens (tertiary/aromatic N) is 4. The topological polar surface area (TPSA) is 43.2 Å². The van der Waals surface area contributed by atoms with Crippen LogP contribution in [0.3, 0.4) is 0 Å². The molecule has 0 unspecified atom stereocenters. The number of methoxy groups -OCH3 is 1. The summed E-state index contributed by atoms with van der Waals surface area (Å²) in [5, 5.41) is 8.82. The molecule has 2 aromatic rings. The fourth-order valence-corrected chi connectivity index (χ4v) is 3.28. The van der Waals surface area contributed by atoms with E-state index in [9.17, 15) is 0 Å². The van der Waals surface area contributed by atoms with Crippen LogP contribution >= 0.6 is 0 Å². The van der Waals surface area contributed by atoms with Gasteiger partial charge in [0.05, 0.1) is 13.7 Å². The second-order valence-corrected chi connectivity index (χ2v) is 6.43. The van der Waals surface area contributed by atoms with Crippen LogP contribution < -0.4 is 4.74 Å². The lowest BCUT2D eigenvalue weighted by molar-refractivity contribution is 0.204. The van der Waals surface area contributed by atoms with E-state index in [1.165, 1.54) is 29.8 Å². The fourth-order valence-electron chi connectivity index (χ4n) is 3.28. The van der Waals surface area contributed by atoms with E-state index in [-0.39, 0.29) is 0 Å². The Bertz CT molecular complexity index is 690. The summed E-state index contributed by atoms with van der Waals surface area (Å²) in [7, 11) is 1.74. The van der Waals surface area contributed by atoms with Crippen molar-refractivity contribution in [1.82, 2.24) is 19.7 Å². The maximum absolute atomic E-state index is 5.50. The monoisotopic (exact) mass is 298 g/mol. The Morgan fingerprint density at radius 2 is 2.09 bits per heavy atom. The Kier molecular flexibility index (Phi) is 3.37. The molecule has 2 aliphatic rings. The molecule has 1 saturated carbocycles. The van der Waals surface area contributed by atoms with Crippen molar-refractivity contribution in [3.05, 3.63) is 41.0 Å². The zero-order chi connectivity index (χ0) is 15.1. The van der Waals surface area contributed by atoms with Gasteiger partial charge in [0.15, 0.2) is 0 Å². The number of ether oxygens (including phenoxy) is 1. The van der Waals surface area contributed by atoms with Gasteiger partial charge >= 0.3 is 0 Å². The van der Waals surface area contributed by atoms with Gasteiger partial charge in [-0.25, -0.2) is 0 Å². The van der Waals surface area contributed by atoms with E-state index in [1.54, 1.807) is 7.11 Å². The number of hydrogen-bond donors (Lipinski definition) is 0. The van der Waals surface area contributed by atoms with Crippen LogP contribution in [0.4, 0.5) is 0 Å². The summed E-state index contributed by atoms with van der Waals surface area (Å²) < 4.78 is 7.83. The van der Waals surface area contributed by atoms with Crippen molar-refractivity contribution in [3.8, 4) is 5.75 Å². The van der Waals surface area contributed by atoms with Gasteiger partial charge in [0.25, 0.3) is 0 Å². The Hall–Kier alpha value is -1.88. The van der Waals surface area contributed by atoms with Gasteiger partial charge < -0.3 is 9.30 Å². The van der Waals surface area contributed by atoms with Crippen molar-refractivity contribution in [3.63, 3.8) is 0 Å². The third-order valence-corrected chi connectivity index (χ3v) is 4.63. The molecular formula is C17H22N4O. The van der Waals surface area contributed by atoms with E-state index in [1.807, 2.05) is 0 Å². The van der Waals surface area contributed by atoms with Gasteiger partial charge in [-0.1, -0.05) is 17.7 Å². The SMILES string of the molecule is COc1ccc(C)cc1CN1CCn2c(nnc2C2CC2)C1. The van der Waals surface area contributed by atoms with E-state index in [2.05, 4.69) is 44.8 Å². The number of rotatable bonds is 4. The van der Waals surface area contributed by atoms with Crippen LogP contribution in [0.2, 0.25) is 0 Å². The van der Waals surface area contributed by atoms with Crippen LogP contribution in [0.5, 0.6) is 5.75 Å². The first-order valence-corrected chi connectivity index (χ1v) is 8.02. The Morgan fingerprint density at radius 3 is 2.86 bits per heavy atom. The maximum atomic E-state index is 5.50. The van der Waals surface area contributed by atoms with Gasteiger partial charge in [0.1, 0.15) is 17.4 Å². The van der Waals surface area contributed by atoms with Gasteiger partial charge in [0.2, 0.25) is 0 Å². The van der Waals surface area contributed by atoms with E-state index in [4.69, 9.17) is 4.74 Å². The Labute approximate surface area is 130 Å². The van der Waals surface area contributed by atoms with Crippen LogP contribution in [0.15, 0.2) is 18.2 Å². The molecule has 0 spiro atoms. The number of aryl methyl sites for hydroxylation is 1. The predicted molar refractivity (Wildman–Crippen MR) is 83.8 cm³/mol. The highest BCUT2D eigenvalue weighted by atomic mass is 16.5. The molecule has 22 heavy (non-hydrogen) atoms. The van der Waals surface area contributed by atoms with Crippen molar-refractivity contribution < 1.29 is 4.74 Å². The highest BCUT2D eigenvalue weighted by Crippen LogP contribution is 2.39. The molecule has 1 fully saturated rings. The molecule has 1 aliphatic heterocycles. The van der Waals surface area contributed by atoms with Crippen LogP contribution in [0.25, 0.3) is 0 Å². The first-order valence-electron chi connectivity index (χ1n) is 8.02. The van der Waals surface area contributed by atoms with Gasteiger partial charge in [-0.05, 0) is 25.8 Å². The quantitative estimate of drug-likeness (QED) is 0.870. The third kappa shape index (κ3) is 2.50. The molecular weight excluding hydrogens is 276 g/mol. The molecule has 1 aromatic heterocycles. The normalized spacial score (nSPS) is 18.3. The molecule has 4 rings (SSSR count). The molecule has 1 aliphatic carbocycles. The summed E-state index contributed by atoms with van der Waals surface area (Å²) in [5.74, 6) is 3.96. The first kappa shape index (κ1) is 13.8. The fraction of sp³-hybridized carbons (Fsp3) is 0.529. The minimum Gasteiger partial charge on any atom is -0.496 e. The largest absolute Gasteiger partial charge is 0.496 e. The summed E-state index contributed by atoms with van der Waals surface area (Å²) in [6, 6.07) is 6.37. The molecule has 0 saturated heterocycles. The van der Waals surface area contributed by atoms with Crippen LogP contribution in [-0.4, -0.2) is 33.3 Å². The summed E-state index contributed by atoms with van der Waals surface area (Å²) in [6.07, 6.45) is 2.56. The highest BCUT2D eigenvalue weighted by molar-refractivity contribution is 5.36. The van der Waals surface area contributed by atoms with E-state index in [0.29, 0.717) is 5.92 Å². The van der Waals surface area contributed by atoms with Crippen molar-refractivity contribution in [1.29, 1.82) is 0 Å². The molecule has 0 N–H and O–H groups in total. The second kappa shape index (κ2) is 5.39. The molecule has 2 heterocycles. The zero-order valence-electron chi connectivity index (χ0n) is 13.2. The van der Waals surface area contributed by atoms with Crippen LogP contribution in [0, 0.1) is 6.92 Å². The average Bonchev–Trinajstić information content (AvgIpc) is 3.27. The molecule has 0 atom stereocenters. The lowest BCUT2D eigenvalue weighted by Crippen LogP contribution is -2.34. The lowest BCUT2D eigenvalue weighted by Gasteiger charge is -2.28. The molecule has 0 bridgehead atoms. The minimum absolute atomic E-state index is 0.671. The number of aromatic nitrogens is 3. The summed E-state index contributed by atoms with van der Waals surface area (Å²) >= 11 is 0. The first-order chi connectivity index (χ1) is 10.7. The Balaban J connectivity index is 1.52. The van der Waals surface area contributed by atoms with Crippen molar-refractivity contribution in [2.45, 2.75) is 45.3 Å². The van der Waals surface area contributed by atoms with E-state index < -0.39 is 0 Å². The summed E-state index contributed by atoms with van der Waals surface area (Å²) in [5.41, 5.74) is 2.52. The van der Waals surface area contributed by atoms with Crippen LogP contribution in [-0.2, 0) is 19.6 Å². The van der Waals surface area contributed by atoms with E-state index >= 15 is 0 Å². The van der Waals surface area contributed by atoms with Gasteiger partial charge in [0, 0.05) is 31.1 Å². The standard InChI is InChI=1S/C17H22N4O/c1-12-3-6-15(22-2)14(9-12)10-20-7-8-21-16(11-20)18-19-17(21)13-4-5-13/h3,6,9,13H,4-5,7-8,10-11H2,1-2H3. The average molecular weight is 298 g/mol. The Morgan fingerprint density at radius 1 is 1.23 bits per heavy atom. The zero-order valence-corrected chi connectivity index (χ0v) is 13.2. The molecule has 0 amide bonds. The van der Waals surface area contributed by atoms with Crippen molar-refractivity contribution in [2.24, 2.45) is 0 Å². The smallest absolute Gasteiger partial charge is 0.147 e. The van der Waals surface area contributed by atoms with Crippen LogP contribution in [0.1, 0.15) is 41.5 Å². The van der Waals surface area contributed by atoms with Gasteiger partial charge in [-0.15, -0.1) is 10.2 Å². The molecule has 0 radical (unpaired) electrons. The highest BCUT2D eigenvalue weighted by Gasteiger charge is 2.32. The van der Waals surface area contributed by atoms with Crippen molar-refractivity contribution in [2.75, 3.05) is 13.7 Å². The van der Waals surface area contributed by atoms with Crippen molar-refractivity contribution >= 4 is 0 Å². The summed E-state index contributed by atoms with van der Waals surface area (Å²) in [6.45, 7) is 5.94. The van der Waals surface area contributed by atoms with E-state index in [0.717, 1.165) is 37.8 Å². The molecule has 5 heteroatoms. The lowest BCUT2D eigenvalue weighted by atomic mass is 10.1. The third-order valence-electron chi connectivity index (χ3n) is 4.63. The van der Waals surface area contributed by atoms with Gasteiger partial charge in [-0.3, -0.25) is 4.90 Å².